The molecule has 6 rings (SSSR count). The number of aromatic amines is 1. The lowest BCUT2D eigenvalue weighted by atomic mass is 9.61. The Balaban J connectivity index is 1.13. The lowest BCUT2D eigenvalue weighted by Gasteiger charge is -2.48. The summed E-state index contributed by atoms with van der Waals surface area (Å²) in [6.45, 7) is 1.91. The molecule has 5 heteroatoms. The van der Waals surface area contributed by atoms with E-state index in [-0.39, 0.29) is 5.92 Å². The molecule has 2 aromatic carbocycles. The number of rotatable bonds is 9. The number of H-pyrrole nitrogens is 1. The summed E-state index contributed by atoms with van der Waals surface area (Å²) in [7, 11) is 3.85. The minimum Gasteiger partial charge on any atom is -0.494 e. The van der Waals surface area contributed by atoms with Crippen molar-refractivity contribution in [3.05, 3.63) is 66.0 Å². The van der Waals surface area contributed by atoms with Gasteiger partial charge in [-0.25, -0.2) is 4.98 Å². The normalized spacial score (nSPS) is 24.4. The van der Waals surface area contributed by atoms with Crippen LogP contribution in [0.2, 0.25) is 0 Å². The Kier molecular flexibility index (Phi) is 6.26. The van der Waals surface area contributed by atoms with Gasteiger partial charge >= 0.3 is 0 Å². The molecule has 0 unspecified atom stereocenters. The van der Waals surface area contributed by atoms with Crippen molar-refractivity contribution in [3.63, 3.8) is 0 Å². The van der Waals surface area contributed by atoms with Crippen LogP contribution < -0.4 is 4.74 Å². The molecule has 33 heavy (non-hydrogen) atoms. The molecule has 0 saturated heterocycles. The first-order valence-corrected chi connectivity index (χ1v) is 12.3. The zero-order valence-electron chi connectivity index (χ0n) is 19.8. The molecule has 1 fully saturated rings. The number of ether oxygens (including phenoxy) is 1. The van der Waals surface area contributed by atoms with Crippen molar-refractivity contribution in [1.82, 2.24) is 14.9 Å². The van der Waals surface area contributed by atoms with Crippen molar-refractivity contribution >= 4 is 16.6 Å². The second-order valence-electron chi connectivity index (χ2n) is 9.87. The average Bonchev–Trinajstić information content (AvgIpc) is 3.27. The minimum absolute atomic E-state index is 0.275. The van der Waals surface area contributed by atoms with Crippen LogP contribution in [0, 0.1) is 11.8 Å². The summed E-state index contributed by atoms with van der Waals surface area (Å²) < 4.78 is 5.42. The highest BCUT2D eigenvalue weighted by atomic mass is 16.5. The first-order valence-electron chi connectivity index (χ1n) is 12.3. The Labute approximate surface area is 196 Å². The fourth-order valence-electron chi connectivity index (χ4n) is 5.79. The number of aliphatic hydroxyl groups is 1. The maximum atomic E-state index is 11.5. The van der Waals surface area contributed by atoms with Gasteiger partial charge in [0.1, 0.15) is 17.1 Å². The van der Waals surface area contributed by atoms with Crippen molar-refractivity contribution in [2.75, 3.05) is 27.2 Å². The number of hydrogen-bond acceptors (Lipinski definition) is 4. The van der Waals surface area contributed by atoms with Crippen LogP contribution in [0.1, 0.15) is 43.5 Å². The molecule has 3 aliphatic carbocycles. The third-order valence-corrected chi connectivity index (χ3v) is 7.67. The first kappa shape index (κ1) is 22.2. The van der Waals surface area contributed by atoms with Gasteiger partial charge in [-0.15, -0.1) is 0 Å². The maximum Gasteiger partial charge on any atom is 0.146 e. The molecule has 174 valence electrons. The van der Waals surface area contributed by atoms with Gasteiger partial charge in [-0.2, -0.15) is 0 Å². The summed E-state index contributed by atoms with van der Waals surface area (Å²) in [5.41, 5.74) is 4.14. The molecule has 5 nitrogen and oxygen atoms in total. The average molecular weight is 446 g/mol. The standard InChI is InChI=1S/C28H35N3O2/c1-31(16-7-12-26-29-24-10-6-11-25(33-2)27(24)30-26)17-15-28(32)19-21-13-14-22(28)18-23(21)20-8-4-3-5-9-20/h3-6,8-11,18,21-22,32H,7,12-17,19H2,1-2H3,(H,29,30)/t21-,22+,28-/m0/s1. The second kappa shape index (κ2) is 9.32. The van der Waals surface area contributed by atoms with E-state index >= 15 is 0 Å². The number of fused-ring (bicyclic) bond motifs is 3. The number of para-hydroxylation sites is 1. The van der Waals surface area contributed by atoms with Gasteiger partial charge in [0.25, 0.3) is 0 Å². The van der Waals surface area contributed by atoms with Gasteiger partial charge in [0.15, 0.2) is 0 Å². The Morgan fingerprint density at radius 1 is 1.12 bits per heavy atom. The van der Waals surface area contributed by atoms with Crippen molar-refractivity contribution in [2.45, 2.75) is 44.1 Å². The predicted octanol–water partition coefficient (Wildman–Crippen LogP) is 5.07. The van der Waals surface area contributed by atoms with E-state index < -0.39 is 5.60 Å². The van der Waals surface area contributed by atoms with Crippen LogP contribution in [-0.2, 0) is 6.42 Å². The topological polar surface area (TPSA) is 61.4 Å². The zero-order valence-corrected chi connectivity index (χ0v) is 19.8. The van der Waals surface area contributed by atoms with Crippen LogP contribution in [0.5, 0.6) is 5.75 Å². The number of benzene rings is 2. The Bertz CT molecular complexity index is 1120. The molecular weight excluding hydrogens is 410 g/mol. The summed E-state index contributed by atoms with van der Waals surface area (Å²) in [5.74, 6) is 2.57. The fourth-order valence-corrected chi connectivity index (χ4v) is 5.79. The van der Waals surface area contributed by atoms with Gasteiger partial charge in [0.2, 0.25) is 0 Å². The number of aryl methyl sites for hydroxylation is 1. The Morgan fingerprint density at radius 3 is 2.73 bits per heavy atom. The molecule has 3 atom stereocenters. The highest BCUT2D eigenvalue weighted by Gasteiger charge is 2.46. The van der Waals surface area contributed by atoms with Crippen LogP contribution in [0.4, 0.5) is 0 Å². The SMILES string of the molecule is COc1cccc2[nH]c(CCCN(C)CC[C@]3(O)C[C@@H]4CC[C@@H]3C=C4c3ccccc3)nc12. The quantitative estimate of drug-likeness (QED) is 0.483. The van der Waals surface area contributed by atoms with E-state index in [2.05, 4.69) is 53.3 Å². The van der Waals surface area contributed by atoms with E-state index in [9.17, 15) is 5.11 Å². The Morgan fingerprint density at radius 2 is 1.97 bits per heavy atom. The summed E-state index contributed by atoms with van der Waals surface area (Å²) in [6.07, 6.45) is 8.35. The molecule has 0 radical (unpaired) electrons. The van der Waals surface area contributed by atoms with E-state index in [1.165, 1.54) is 17.6 Å². The highest BCUT2D eigenvalue weighted by molar-refractivity contribution is 5.81. The summed E-state index contributed by atoms with van der Waals surface area (Å²) in [4.78, 5) is 10.5. The summed E-state index contributed by atoms with van der Waals surface area (Å²) in [5, 5.41) is 11.5. The van der Waals surface area contributed by atoms with Crippen LogP contribution in [0.3, 0.4) is 0 Å². The zero-order chi connectivity index (χ0) is 22.8. The third kappa shape index (κ3) is 4.57. The van der Waals surface area contributed by atoms with Crippen molar-refractivity contribution in [3.8, 4) is 5.75 Å². The number of nitrogens with zero attached hydrogens (tertiary/aromatic N) is 2. The molecule has 3 aliphatic rings. The highest BCUT2D eigenvalue weighted by Crippen LogP contribution is 2.51. The van der Waals surface area contributed by atoms with Crippen molar-refractivity contribution < 1.29 is 9.84 Å². The van der Waals surface area contributed by atoms with E-state index in [0.29, 0.717) is 5.92 Å². The molecule has 3 aromatic rings. The van der Waals surface area contributed by atoms with Gasteiger partial charge in [0, 0.05) is 18.9 Å². The predicted molar refractivity (Wildman–Crippen MR) is 133 cm³/mol. The smallest absolute Gasteiger partial charge is 0.146 e. The maximum absolute atomic E-state index is 11.5. The fraction of sp³-hybridized carbons (Fsp3) is 0.464. The molecule has 2 bridgehead atoms. The molecule has 1 saturated carbocycles. The van der Waals surface area contributed by atoms with Crippen LogP contribution >= 0.6 is 0 Å². The van der Waals surface area contributed by atoms with Gasteiger partial charge in [-0.1, -0.05) is 42.5 Å². The molecular formula is C28H35N3O2. The monoisotopic (exact) mass is 445 g/mol. The number of allylic oxidation sites excluding steroid dienone is 1. The molecule has 0 amide bonds. The lowest BCUT2D eigenvalue weighted by Crippen LogP contribution is -2.48. The van der Waals surface area contributed by atoms with Crippen LogP contribution in [0.25, 0.3) is 16.6 Å². The molecule has 1 aromatic heterocycles. The minimum atomic E-state index is -0.565. The van der Waals surface area contributed by atoms with E-state index in [1.807, 2.05) is 18.2 Å². The number of hydrogen-bond donors (Lipinski definition) is 2. The van der Waals surface area contributed by atoms with Crippen molar-refractivity contribution in [2.24, 2.45) is 11.8 Å². The molecule has 0 aliphatic heterocycles. The molecule has 1 heterocycles. The first-order chi connectivity index (χ1) is 16.1. The van der Waals surface area contributed by atoms with Gasteiger partial charge in [0.05, 0.1) is 18.2 Å². The number of imidazole rings is 1. The van der Waals surface area contributed by atoms with E-state index in [4.69, 9.17) is 9.72 Å². The van der Waals surface area contributed by atoms with Gasteiger partial charge < -0.3 is 19.7 Å². The molecule has 2 N–H and O–H groups in total. The van der Waals surface area contributed by atoms with Gasteiger partial charge in [-0.3, -0.25) is 0 Å². The largest absolute Gasteiger partial charge is 0.494 e. The summed E-state index contributed by atoms with van der Waals surface area (Å²) >= 11 is 0. The molecule has 0 spiro atoms. The lowest BCUT2D eigenvalue weighted by molar-refractivity contribution is -0.0574. The number of methoxy groups -OCH3 is 1. The van der Waals surface area contributed by atoms with Gasteiger partial charge in [-0.05, 0) is 74.9 Å². The second-order valence-corrected chi connectivity index (χ2v) is 9.87. The van der Waals surface area contributed by atoms with Crippen LogP contribution in [-0.4, -0.2) is 52.8 Å². The number of nitrogens with one attached hydrogen (secondary N) is 1. The van der Waals surface area contributed by atoms with Crippen molar-refractivity contribution in [1.29, 1.82) is 0 Å². The third-order valence-electron chi connectivity index (χ3n) is 7.67. The number of aromatic nitrogens is 2. The Hall–Kier alpha value is -2.63. The van der Waals surface area contributed by atoms with Crippen LogP contribution in [0.15, 0.2) is 54.6 Å². The van der Waals surface area contributed by atoms with E-state index in [0.717, 1.165) is 67.8 Å². The summed E-state index contributed by atoms with van der Waals surface area (Å²) in [6, 6.07) is 16.7. The van der Waals surface area contributed by atoms with E-state index in [1.54, 1.807) is 7.11 Å².